The summed E-state index contributed by atoms with van der Waals surface area (Å²) in [5.41, 5.74) is -0.0387. The molecule has 0 spiro atoms. The van der Waals surface area contributed by atoms with Gasteiger partial charge in [-0.1, -0.05) is 26.0 Å². The van der Waals surface area contributed by atoms with Crippen LogP contribution in [0.2, 0.25) is 0 Å². The maximum absolute atomic E-state index is 13.9. The molecule has 54 heavy (non-hydrogen) atoms. The summed E-state index contributed by atoms with van der Waals surface area (Å²) in [5, 5.41) is 10.7. The first-order valence-electron chi connectivity index (χ1n) is 17.3. The summed E-state index contributed by atoms with van der Waals surface area (Å²) in [7, 11) is 1.54. The van der Waals surface area contributed by atoms with E-state index in [0.717, 1.165) is 36.8 Å². The average Bonchev–Trinajstić information content (AvgIpc) is 3.62. The number of aliphatic carboxylic acids is 1. The molecule has 15 heteroatoms. The van der Waals surface area contributed by atoms with Crippen molar-refractivity contribution in [1.82, 2.24) is 9.97 Å². The molecule has 1 saturated carbocycles. The molecule has 1 aromatic heterocycles. The molecular weight excluding hydrogens is 727 g/mol. The van der Waals surface area contributed by atoms with Crippen molar-refractivity contribution in [2.24, 2.45) is 0 Å². The first-order chi connectivity index (χ1) is 25.1. The van der Waals surface area contributed by atoms with E-state index >= 15 is 0 Å². The molecule has 1 aliphatic rings. The van der Waals surface area contributed by atoms with Gasteiger partial charge in [-0.15, -0.1) is 0 Å². The van der Waals surface area contributed by atoms with Crippen LogP contribution in [0.3, 0.4) is 0 Å². The first kappa shape index (κ1) is 42.7. The monoisotopic (exact) mass is 767 g/mol. The number of nitrogens with zero attached hydrogens (tertiary/aromatic N) is 3. The van der Waals surface area contributed by atoms with Crippen molar-refractivity contribution >= 4 is 11.9 Å². The minimum absolute atomic E-state index is 0. The minimum atomic E-state index is -5.04. The standard InChI is InChI=1S/C39H41F6N3O5.Na/c1-24(2)26-10-13-35(51-3)34(18-26)33-12-11-31(53-30-7-4-5-8-30)17-27(33)23-48(37-46-20-32(21-47-37)52-14-6-9-36(49)50)22-25-15-28(38(40,41)42)19-29(16-25)39(43,44)45;/h10-13,15-21,24,30H,4-9,14,22-23H2,1-3H3,(H,49,50);/q;+1/p-1. The van der Waals surface area contributed by atoms with Crippen molar-refractivity contribution in [1.29, 1.82) is 0 Å². The summed E-state index contributed by atoms with van der Waals surface area (Å²) in [4.78, 5) is 21.0. The predicted molar refractivity (Wildman–Crippen MR) is 184 cm³/mol. The van der Waals surface area contributed by atoms with E-state index in [2.05, 4.69) is 9.97 Å². The topological polar surface area (TPSA) is 96.8 Å². The van der Waals surface area contributed by atoms with E-state index in [9.17, 15) is 36.2 Å². The molecular formula is C39H40F6N3NaO5. The van der Waals surface area contributed by atoms with E-state index in [1.807, 2.05) is 50.2 Å². The summed E-state index contributed by atoms with van der Waals surface area (Å²) in [6.45, 7) is 3.63. The van der Waals surface area contributed by atoms with Gasteiger partial charge in [0.25, 0.3) is 0 Å². The molecule has 1 aliphatic carbocycles. The van der Waals surface area contributed by atoms with Crippen molar-refractivity contribution < 1.29 is 80.0 Å². The molecule has 0 amide bonds. The van der Waals surface area contributed by atoms with Gasteiger partial charge in [0.05, 0.1) is 43.3 Å². The number of hydrogen-bond donors (Lipinski definition) is 0. The van der Waals surface area contributed by atoms with Gasteiger partial charge in [0.15, 0.2) is 5.75 Å². The summed E-state index contributed by atoms with van der Waals surface area (Å²) < 4.78 is 101. The van der Waals surface area contributed by atoms with Crippen LogP contribution in [-0.4, -0.2) is 35.8 Å². The SMILES string of the molecule is COc1ccc(C(C)C)cc1-c1ccc(OC2CCCC2)cc1CN(Cc1cc(C(F)(F)F)cc(C(F)(F)F)c1)c1ncc(OCCCC(=O)[O-])cn1.[Na+]. The molecule has 0 bridgehead atoms. The minimum Gasteiger partial charge on any atom is -0.550 e. The number of anilines is 1. The number of halogens is 6. The third-order valence-corrected chi connectivity index (χ3v) is 8.94. The van der Waals surface area contributed by atoms with Crippen molar-refractivity contribution in [3.05, 3.63) is 94.8 Å². The third-order valence-electron chi connectivity index (χ3n) is 8.94. The van der Waals surface area contributed by atoms with Crippen LogP contribution in [0.4, 0.5) is 32.3 Å². The van der Waals surface area contributed by atoms with Crippen LogP contribution in [-0.2, 0) is 30.2 Å². The molecule has 1 heterocycles. The van der Waals surface area contributed by atoms with Gasteiger partial charge in [-0.05, 0) is 109 Å². The van der Waals surface area contributed by atoms with E-state index in [1.54, 1.807) is 7.11 Å². The van der Waals surface area contributed by atoms with E-state index in [0.29, 0.717) is 34.8 Å². The second-order valence-corrected chi connectivity index (χ2v) is 13.3. The number of aromatic nitrogens is 2. The fraction of sp³-hybridized carbons (Fsp3) is 0.410. The number of ether oxygens (including phenoxy) is 3. The zero-order valence-electron chi connectivity index (χ0n) is 30.5. The largest absolute Gasteiger partial charge is 1.00 e. The predicted octanol–water partition coefficient (Wildman–Crippen LogP) is 5.75. The Hall–Kier alpha value is -4.01. The Balaban J connectivity index is 0.00000650. The van der Waals surface area contributed by atoms with Crippen LogP contribution < -0.4 is 53.8 Å². The second kappa shape index (κ2) is 18.5. The molecule has 284 valence electrons. The summed E-state index contributed by atoms with van der Waals surface area (Å²) in [5.74, 6) is 0.250. The number of rotatable bonds is 15. The van der Waals surface area contributed by atoms with Gasteiger partial charge < -0.3 is 29.0 Å². The van der Waals surface area contributed by atoms with E-state index in [1.165, 1.54) is 17.3 Å². The molecule has 8 nitrogen and oxygen atoms in total. The van der Waals surface area contributed by atoms with Crippen LogP contribution in [0.1, 0.15) is 86.1 Å². The number of alkyl halides is 6. The van der Waals surface area contributed by atoms with Crippen LogP contribution >= 0.6 is 0 Å². The van der Waals surface area contributed by atoms with Crippen LogP contribution in [0.15, 0.2) is 67.0 Å². The number of benzene rings is 3. The van der Waals surface area contributed by atoms with Crippen LogP contribution in [0.5, 0.6) is 17.2 Å². The molecule has 0 radical (unpaired) electrons. The molecule has 0 saturated heterocycles. The number of hydrogen-bond acceptors (Lipinski definition) is 8. The zero-order chi connectivity index (χ0) is 38.3. The summed E-state index contributed by atoms with van der Waals surface area (Å²) in [6.07, 6.45) is -3.67. The van der Waals surface area contributed by atoms with Crippen molar-refractivity contribution in [3.63, 3.8) is 0 Å². The van der Waals surface area contributed by atoms with Crippen LogP contribution in [0.25, 0.3) is 11.1 Å². The van der Waals surface area contributed by atoms with E-state index < -0.39 is 36.0 Å². The number of carbonyl (C=O) groups is 1. The van der Waals surface area contributed by atoms with Gasteiger partial charge in [-0.25, -0.2) is 9.97 Å². The van der Waals surface area contributed by atoms with Gasteiger partial charge >= 0.3 is 41.9 Å². The fourth-order valence-electron chi connectivity index (χ4n) is 6.22. The maximum atomic E-state index is 13.9. The Bertz CT molecular complexity index is 1830. The van der Waals surface area contributed by atoms with Gasteiger partial charge in [-0.3, -0.25) is 0 Å². The number of carboxylic acid groups (broad SMARTS) is 1. The molecule has 0 N–H and O–H groups in total. The van der Waals surface area contributed by atoms with E-state index in [4.69, 9.17) is 14.2 Å². The average molecular weight is 768 g/mol. The Labute approximate surface area is 332 Å². The number of carboxylic acids is 1. The Kier molecular flexibility index (Phi) is 14.7. The van der Waals surface area contributed by atoms with Gasteiger partial charge in [0, 0.05) is 24.6 Å². The third kappa shape index (κ3) is 11.5. The van der Waals surface area contributed by atoms with Crippen molar-refractivity contribution in [2.75, 3.05) is 18.6 Å². The molecule has 1 fully saturated rings. The Morgan fingerprint density at radius 3 is 2.09 bits per heavy atom. The molecule has 4 aromatic rings. The molecule has 0 unspecified atom stereocenters. The van der Waals surface area contributed by atoms with Gasteiger partial charge in [-0.2, -0.15) is 26.3 Å². The van der Waals surface area contributed by atoms with Crippen molar-refractivity contribution in [3.8, 4) is 28.4 Å². The summed E-state index contributed by atoms with van der Waals surface area (Å²) >= 11 is 0. The maximum Gasteiger partial charge on any atom is 1.00 e. The normalized spacial score (nSPS) is 13.4. The summed E-state index contributed by atoms with van der Waals surface area (Å²) in [6, 6.07) is 12.8. The van der Waals surface area contributed by atoms with E-state index in [-0.39, 0.29) is 90.9 Å². The smallest absolute Gasteiger partial charge is 0.550 e. The quantitative estimate of drug-likeness (QED) is 0.0858. The molecule has 0 atom stereocenters. The molecule has 0 aliphatic heterocycles. The second-order valence-electron chi connectivity index (χ2n) is 13.3. The Morgan fingerprint density at radius 1 is 0.870 bits per heavy atom. The van der Waals surface area contributed by atoms with Gasteiger partial charge in [0.1, 0.15) is 11.5 Å². The first-order valence-corrected chi connectivity index (χ1v) is 17.3. The number of carbonyl (C=O) groups excluding carboxylic acids is 1. The Morgan fingerprint density at radius 2 is 1.52 bits per heavy atom. The number of methoxy groups -OCH3 is 1. The molecule has 5 rings (SSSR count). The fourth-order valence-corrected chi connectivity index (χ4v) is 6.22. The molecule has 3 aromatic carbocycles. The van der Waals surface area contributed by atoms with Crippen molar-refractivity contribution in [2.45, 2.75) is 89.8 Å². The zero-order valence-corrected chi connectivity index (χ0v) is 32.5. The van der Waals surface area contributed by atoms with Crippen LogP contribution in [0, 0.1) is 0 Å². The van der Waals surface area contributed by atoms with Gasteiger partial charge in [0.2, 0.25) is 5.95 Å².